The molecule has 1 unspecified atom stereocenters. The number of aryl methyl sites for hydroxylation is 1. The number of nitrogens with zero attached hydrogens (tertiary/aromatic N) is 1. The number of amides is 2. The molecule has 0 fully saturated rings. The first kappa shape index (κ1) is 16.7. The monoisotopic (exact) mass is 342 g/mol. The van der Waals surface area contributed by atoms with Gasteiger partial charge in [-0.05, 0) is 35.9 Å². The van der Waals surface area contributed by atoms with Gasteiger partial charge >= 0.3 is 0 Å². The zero-order valence-electron chi connectivity index (χ0n) is 13.8. The third kappa shape index (κ3) is 3.85. The SMILES string of the molecule is CN1C(=O)CC(CNC(=O)CCCc2cccs2)c2ccccc21. The number of hydrogen-bond acceptors (Lipinski definition) is 3. The summed E-state index contributed by atoms with van der Waals surface area (Å²) < 4.78 is 0. The van der Waals surface area contributed by atoms with Gasteiger partial charge in [0, 0.05) is 42.9 Å². The summed E-state index contributed by atoms with van der Waals surface area (Å²) in [5, 5.41) is 5.06. The van der Waals surface area contributed by atoms with E-state index in [1.54, 1.807) is 23.3 Å². The first-order chi connectivity index (χ1) is 11.6. The van der Waals surface area contributed by atoms with Crippen molar-refractivity contribution in [2.24, 2.45) is 0 Å². The van der Waals surface area contributed by atoms with Gasteiger partial charge in [-0.15, -0.1) is 11.3 Å². The summed E-state index contributed by atoms with van der Waals surface area (Å²) in [7, 11) is 1.81. The lowest BCUT2D eigenvalue weighted by Crippen LogP contribution is -2.37. The van der Waals surface area contributed by atoms with Crippen LogP contribution in [-0.2, 0) is 16.0 Å². The number of carbonyl (C=O) groups is 2. The van der Waals surface area contributed by atoms with E-state index in [0.29, 0.717) is 19.4 Å². The number of benzene rings is 1. The molecule has 0 bridgehead atoms. The molecule has 0 saturated heterocycles. The van der Waals surface area contributed by atoms with E-state index in [0.717, 1.165) is 24.1 Å². The molecule has 1 aliphatic heterocycles. The van der Waals surface area contributed by atoms with Crippen molar-refractivity contribution in [1.29, 1.82) is 0 Å². The van der Waals surface area contributed by atoms with Crippen LogP contribution in [0.5, 0.6) is 0 Å². The van der Waals surface area contributed by atoms with Crippen LogP contribution in [0.25, 0.3) is 0 Å². The van der Waals surface area contributed by atoms with Crippen LogP contribution in [0, 0.1) is 0 Å². The molecule has 1 aliphatic rings. The molecular formula is C19H22N2O2S. The lowest BCUT2D eigenvalue weighted by atomic mass is 9.89. The van der Waals surface area contributed by atoms with Gasteiger partial charge in [0.25, 0.3) is 0 Å². The molecule has 0 saturated carbocycles. The van der Waals surface area contributed by atoms with Crippen molar-refractivity contribution in [2.45, 2.75) is 31.6 Å². The molecule has 1 N–H and O–H groups in total. The van der Waals surface area contributed by atoms with Crippen molar-refractivity contribution >= 4 is 28.8 Å². The lowest BCUT2D eigenvalue weighted by molar-refractivity contribution is -0.122. The van der Waals surface area contributed by atoms with Crippen molar-refractivity contribution in [3.8, 4) is 0 Å². The highest BCUT2D eigenvalue weighted by molar-refractivity contribution is 7.09. The highest BCUT2D eigenvalue weighted by atomic mass is 32.1. The van der Waals surface area contributed by atoms with Crippen LogP contribution < -0.4 is 10.2 Å². The molecule has 3 rings (SSSR count). The van der Waals surface area contributed by atoms with Crippen LogP contribution in [0.2, 0.25) is 0 Å². The van der Waals surface area contributed by atoms with Gasteiger partial charge in [0.2, 0.25) is 11.8 Å². The van der Waals surface area contributed by atoms with E-state index in [1.807, 2.05) is 30.3 Å². The quantitative estimate of drug-likeness (QED) is 0.875. The molecule has 2 heterocycles. The topological polar surface area (TPSA) is 49.4 Å². The number of nitrogens with one attached hydrogen (secondary N) is 1. The van der Waals surface area contributed by atoms with Gasteiger partial charge in [-0.25, -0.2) is 0 Å². The second kappa shape index (κ2) is 7.62. The number of thiophene rings is 1. The van der Waals surface area contributed by atoms with Crippen LogP contribution in [0.4, 0.5) is 5.69 Å². The number of rotatable bonds is 6. The maximum Gasteiger partial charge on any atom is 0.227 e. The first-order valence-electron chi connectivity index (χ1n) is 8.29. The molecule has 1 aromatic carbocycles. The largest absolute Gasteiger partial charge is 0.355 e. The Bertz CT molecular complexity index is 712. The van der Waals surface area contributed by atoms with Crippen molar-refractivity contribution < 1.29 is 9.59 Å². The minimum absolute atomic E-state index is 0.0612. The summed E-state index contributed by atoms with van der Waals surface area (Å²) in [6.45, 7) is 0.522. The Hall–Kier alpha value is -2.14. The fourth-order valence-corrected chi connectivity index (χ4v) is 3.87. The van der Waals surface area contributed by atoms with Gasteiger partial charge in [0.1, 0.15) is 0 Å². The smallest absolute Gasteiger partial charge is 0.227 e. The van der Waals surface area contributed by atoms with Crippen LogP contribution in [0.15, 0.2) is 41.8 Å². The molecule has 0 radical (unpaired) electrons. The molecule has 2 amide bonds. The maximum absolute atomic E-state index is 12.1. The Morgan fingerprint density at radius 2 is 2.12 bits per heavy atom. The molecule has 5 heteroatoms. The second-order valence-electron chi connectivity index (χ2n) is 6.15. The average molecular weight is 342 g/mol. The standard InChI is InChI=1S/C19H22N2O2S/c1-21-17-9-3-2-8-16(17)14(12-19(21)23)13-20-18(22)10-4-6-15-7-5-11-24-15/h2-3,5,7-9,11,14H,4,6,10,12-13H2,1H3,(H,20,22). The van der Waals surface area contributed by atoms with Crippen LogP contribution in [0.3, 0.4) is 0 Å². The van der Waals surface area contributed by atoms with Gasteiger partial charge < -0.3 is 10.2 Å². The fraction of sp³-hybridized carbons (Fsp3) is 0.368. The van der Waals surface area contributed by atoms with Crippen LogP contribution in [0.1, 0.15) is 35.6 Å². The van der Waals surface area contributed by atoms with Crippen molar-refractivity contribution in [3.05, 3.63) is 52.2 Å². The van der Waals surface area contributed by atoms with Gasteiger partial charge in [-0.3, -0.25) is 9.59 Å². The Morgan fingerprint density at radius 3 is 2.92 bits per heavy atom. The summed E-state index contributed by atoms with van der Waals surface area (Å²) >= 11 is 1.73. The third-order valence-corrected chi connectivity index (χ3v) is 5.42. The molecule has 1 aromatic heterocycles. The van der Waals surface area contributed by atoms with E-state index >= 15 is 0 Å². The summed E-state index contributed by atoms with van der Waals surface area (Å²) in [5.41, 5.74) is 2.09. The molecule has 0 aliphatic carbocycles. The van der Waals surface area contributed by atoms with Crippen molar-refractivity contribution in [3.63, 3.8) is 0 Å². The van der Waals surface area contributed by atoms with E-state index in [-0.39, 0.29) is 17.7 Å². The molecule has 24 heavy (non-hydrogen) atoms. The molecule has 126 valence electrons. The Balaban J connectivity index is 1.51. The van der Waals surface area contributed by atoms with Gasteiger partial charge in [0.15, 0.2) is 0 Å². The highest BCUT2D eigenvalue weighted by Crippen LogP contribution is 2.34. The van der Waals surface area contributed by atoms with E-state index < -0.39 is 0 Å². The predicted octanol–water partition coefficient (Wildman–Crippen LogP) is 3.34. The summed E-state index contributed by atoms with van der Waals surface area (Å²) in [5.74, 6) is 0.229. The van der Waals surface area contributed by atoms with Crippen LogP contribution >= 0.6 is 11.3 Å². The normalized spacial score (nSPS) is 16.8. The lowest BCUT2D eigenvalue weighted by Gasteiger charge is -2.31. The van der Waals surface area contributed by atoms with E-state index in [2.05, 4.69) is 16.8 Å². The summed E-state index contributed by atoms with van der Waals surface area (Å²) in [4.78, 5) is 27.2. The maximum atomic E-state index is 12.1. The third-order valence-electron chi connectivity index (χ3n) is 4.49. The first-order valence-corrected chi connectivity index (χ1v) is 9.17. The van der Waals surface area contributed by atoms with Crippen molar-refractivity contribution in [1.82, 2.24) is 5.32 Å². The van der Waals surface area contributed by atoms with Gasteiger partial charge in [-0.1, -0.05) is 24.3 Å². The summed E-state index contributed by atoms with van der Waals surface area (Å²) in [6.07, 6.45) is 2.78. The second-order valence-corrected chi connectivity index (χ2v) is 7.18. The predicted molar refractivity (Wildman–Crippen MR) is 97.5 cm³/mol. The average Bonchev–Trinajstić information content (AvgIpc) is 3.10. The Morgan fingerprint density at radius 1 is 1.29 bits per heavy atom. The zero-order valence-corrected chi connectivity index (χ0v) is 14.6. The minimum Gasteiger partial charge on any atom is -0.355 e. The molecule has 1 atom stereocenters. The van der Waals surface area contributed by atoms with Gasteiger partial charge in [0.05, 0.1) is 0 Å². The van der Waals surface area contributed by atoms with Crippen molar-refractivity contribution in [2.75, 3.05) is 18.5 Å². The number of anilines is 1. The number of hydrogen-bond donors (Lipinski definition) is 1. The Labute approximate surface area is 146 Å². The zero-order chi connectivity index (χ0) is 16.9. The summed E-state index contributed by atoms with van der Waals surface area (Å²) in [6, 6.07) is 12.1. The van der Waals surface area contributed by atoms with E-state index in [9.17, 15) is 9.59 Å². The number of fused-ring (bicyclic) bond motifs is 1. The molecule has 0 spiro atoms. The minimum atomic E-state index is 0.0612. The van der Waals surface area contributed by atoms with E-state index in [1.165, 1.54) is 4.88 Å². The van der Waals surface area contributed by atoms with E-state index in [4.69, 9.17) is 0 Å². The fourth-order valence-electron chi connectivity index (χ4n) is 3.12. The molecule has 4 nitrogen and oxygen atoms in total. The highest BCUT2D eigenvalue weighted by Gasteiger charge is 2.28. The Kier molecular flexibility index (Phi) is 5.30. The molecule has 2 aromatic rings. The van der Waals surface area contributed by atoms with Gasteiger partial charge in [-0.2, -0.15) is 0 Å². The number of carbonyl (C=O) groups excluding carboxylic acids is 2. The molecular weight excluding hydrogens is 320 g/mol. The number of para-hydroxylation sites is 1. The van der Waals surface area contributed by atoms with Crippen LogP contribution in [-0.4, -0.2) is 25.4 Å².